The summed E-state index contributed by atoms with van der Waals surface area (Å²) in [6.07, 6.45) is 8.01. The number of likely N-dealkylation sites (N-methyl/N-ethyl adjacent to an activating group) is 1. The van der Waals surface area contributed by atoms with Crippen LogP contribution in [-0.2, 0) is 9.47 Å². The van der Waals surface area contributed by atoms with Crippen LogP contribution >= 0.6 is 0 Å². The second-order valence-corrected chi connectivity index (χ2v) is 8.49. The molecule has 31 heavy (non-hydrogen) atoms. The smallest absolute Gasteiger partial charge is 0.434 e. The van der Waals surface area contributed by atoms with Crippen LogP contribution in [0.1, 0.15) is 65.2 Å². The molecule has 9 heteroatoms. The fraction of sp³-hybridized carbons (Fsp3) is 0.773. The molecule has 0 amide bonds. The molecule has 176 valence electrons. The third kappa shape index (κ3) is 7.90. The number of carbonyl (C=O) groups excluding carboxylic acids is 1. The van der Waals surface area contributed by atoms with Crippen molar-refractivity contribution in [2.75, 3.05) is 19.8 Å². The number of aliphatic hydroxyl groups is 2. The number of ether oxygens (including phenoxy) is 2. The quantitative estimate of drug-likeness (QED) is 0.216. The number of hydrogen-bond acceptors (Lipinski definition) is 8. The number of allylic oxidation sites excluding steroid dienone is 4. The Morgan fingerprint density at radius 1 is 1.29 bits per heavy atom. The van der Waals surface area contributed by atoms with Gasteiger partial charge in [0, 0.05) is 30.9 Å². The first-order valence-corrected chi connectivity index (χ1v) is 11.3. The van der Waals surface area contributed by atoms with Crippen LogP contribution in [0.3, 0.4) is 0 Å². The van der Waals surface area contributed by atoms with E-state index in [9.17, 15) is 25.1 Å². The molecule has 0 aromatic heterocycles. The Kier molecular flexibility index (Phi) is 10.4. The predicted octanol–water partition coefficient (Wildman–Crippen LogP) is 3.59. The average Bonchev–Trinajstić information content (AvgIpc) is 2.77. The largest absolute Gasteiger partial charge is 0.513 e. The minimum atomic E-state index is -0.872. The number of nitrogens with zero attached hydrogens (tertiary/aromatic N) is 2. The van der Waals surface area contributed by atoms with E-state index >= 15 is 0 Å². The number of rotatable bonds is 11. The highest BCUT2D eigenvalue weighted by Crippen LogP contribution is 2.31. The summed E-state index contributed by atoms with van der Waals surface area (Å²) in [5.74, 6) is 0.498. The first-order valence-electron chi connectivity index (χ1n) is 11.3. The Morgan fingerprint density at radius 2 is 2.00 bits per heavy atom. The highest BCUT2D eigenvalue weighted by Gasteiger charge is 2.31. The van der Waals surface area contributed by atoms with Crippen LogP contribution < -0.4 is 0 Å². The van der Waals surface area contributed by atoms with E-state index in [1.54, 1.807) is 0 Å². The topological polar surface area (TPSA) is 122 Å². The van der Waals surface area contributed by atoms with Crippen molar-refractivity contribution in [1.82, 2.24) is 4.90 Å². The molecule has 0 aromatic carbocycles. The summed E-state index contributed by atoms with van der Waals surface area (Å²) in [5.41, 5.74) is 0.0778. The van der Waals surface area contributed by atoms with E-state index in [4.69, 9.17) is 9.47 Å². The Bertz CT molecular complexity index is 658. The molecule has 1 fully saturated rings. The zero-order chi connectivity index (χ0) is 22.8. The van der Waals surface area contributed by atoms with Crippen LogP contribution in [-0.4, -0.2) is 58.2 Å². The van der Waals surface area contributed by atoms with Crippen LogP contribution in [0.4, 0.5) is 4.79 Å². The van der Waals surface area contributed by atoms with E-state index in [0.29, 0.717) is 18.2 Å². The first-order chi connectivity index (χ1) is 14.8. The zero-order valence-corrected chi connectivity index (χ0v) is 18.6. The van der Waals surface area contributed by atoms with Gasteiger partial charge in [0.25, 0.3) is 0 Å². The molecule has 0 aliphatic heterocycles. The standard InChI is InChI=1S/C22H36N2O7/c1-3-23(16(2)14-25)21(26)18(13-17-7-5-4-6-8-17)15-30-22(27)31-20-11-9-19(10-12-20)24(28)29/h9,11,16-18,21,25-26H,3-8,10,12-15H2,1-2H3/t16-,18?,21-/m0/s1. The van der Waals surface area contributed by atoms with Crippen LogP contribution in [0.25, 0.3) is 0 Å². The van der Waals surface area contributed by atoms with Crippen molar-refractivity contribution in [2.24, 2.45) is 11.8 Å². The highest BCUT2D eigenvalue weighted by molar-refractivity contribution is 5.61. The van der Waals surface area contributed by atoms with Gasteiger partial charge in [0.05, 0.1) is 11.5 Å². The van der Waals surface area contributed by atoms with E-state index in [2.05, 4.69) is 0 Å². The Labute approximate surface area is 183 Å². The predicted molar refractivity (Wildman–Crippen MR) is 114 cm³/mol. The second kappa shape index (κ2) is 12.8. The van der Waals surface area contributed by atoms with Gasteiger partial charge in [-0.05, 0) is 31.9 Å². The highest BCUT2D eigenvalue weighted by atomic mass is 16.7. The lowest BCUT2D eigenvalue weighted by Crippen LogP contribution is -2.48. The van der Waals surface area contributed by atoms with Crippen molar-refractivity contribution in [2.45, 2.75) is 77.5 Å². The summed E-state index contributed by atoms with van der Waals surface area (Å²) in [4.78, 5) is 24.3. The lowest BCUT2D eigenvalue weighted by Gasteiger charge is -2.37. The van der Waals surface area contributed by atoms with Crippen LogP contribution in [0, 0.1) is 22.0 Å². The molecule has 0 bridgehead atoms. The Balaban J connectivity index is 1.97. The molecule has 2 rings (SSSR count). The van der Waals surface area contributed by atoms with Crippen molar-refractivity contribution in [1.29, 1.82) is 0 Å². The van der Waals surface area contributed by atoms with Gasteiger partial charge in [-0.1, -0.05) is 39.0 Å². The molecule has 2 aliphatic carbocycles. The van der Waals surface area contributed by atoms with Gasteiger partial charge in [-0.3, -0.25) is 15.0 Å². The minimum absolute atomic E-state index is 0.00835. The van der Waals surface area contributed by atoms with Gasteiger partial charge < -0.3 is 19.7 Å². The van der Waals surface area contributed by atoms with E-state index in [1.165, 1.54) is 31.4 Å². The monoisotopic (exact) mass is 440 g/mol. The van der Waals surface area contributed by atoms with Crippen molar-refractivity contribution < 1.29 is 29.4 Å². The maximum Gasteiger partial charge on any atom is 0.513 e. The zero-order valence-electron chi connectivity index (χ0n) is 18.6. The average molecular weight is 441 g/mol. The third-order valence-electron chi connectivity index (χ3n) is 6.27. The molecule has 2 N–H and O–H groups in total. The van der Waals surface area contributed by atoms with Gasteiger partial charge in [-0.25, -0.2) is 4.79 Å². The fourth-order valence-electron chi connectivity index (χ4n) is 4.42. The Morgan fingerprint density at radius 3 is 2.55 bits per heavy atom. The summed E-state index contributed by atoms with van der Waals surface area (Å²) in [6, 6.07) is -0.212. The van der Waals surface area contributed by atoms with Crippen LogP contribution in [0.15, 0.2) is 23.6 Å². The maximum absolute atomic E-state index is 12.2. The van der Waals surface area contributed by atoms with Gasteiger partial charge in [-0.2, -0.15) is 0 Å². The summed E-state index contributed by atoms with van der Waals surface area (Å²) >= 11 is 0. The Hall–Kier alpha value is -1.97. The van der Waals surface area contributed by atoms with Gasteiger partial charge in [0.15, 0.2) is 0 Å². The molecule has 3 atom stereocenters. The fourth-order valence-corrected chi connectivity index (χ4v) is 4.42. The van der Waals surface area contributed by atoms with Crippen molar-refractivity contribution in [3.63, 3.8) is 0 Å². The maximum atomic E-state index is 12.2. The number of carbonyl (C=O) groups is 1. The molecule has 9 nitrogen and oxygen atoms in total. The van der Waals surface area contributed by atoms with Crippen LogP contribution in [0.5, 0.6) is 0 Å². The summed E-state index contributed by atoms with van der Waals surface area (Å²) in [6.45, 7) is 4.27. The van der Waals surface area contributed by atoms with E-state index in [1.807, 2.05) is 18.7 Å². The molecule has 0 heterocycles. The van der Waals surface area contributed by atoms with Gasteiger partial charge >= 0.3 is 6.16 Å². The van der Waals surface area contributed by atoms with Crippen molar-refractivity contribution in [3.8, 4) is 0 Å². The summed E-state index contributed by atoms with van der Waals surface area (Å²) in [7, 11) is 0. The summed E-state index contributed by atoms with van der Waals surface area (Å²) < 4.78 is 10.5. The van der Waals surface area contributed by atoms with Crippen molar-refractivity contribution >= 4 is 6.16 Å². The number of aliphatic hydroxyl groups excluding tert-OH is 2. The normalized spacial score (nSPS) is 20.4. The second-order valence-electron chi connectivity index (χ2n) is 8.49. The molecule has 2 aliphatic rings. The lowest BCUT2D eigenvalue weighted by atomic mass is 9.82. The first kappa shape index (κ1) is 25.3. The SMILES string of the molecule is CCN([C@@H](C)CO)[C@@H](O)C(COC(=O)OC1=CC=C([N+](=O)[O-])CC1)CC1CCCCC1. The molecule has 0 radical (unpaired) electrons. The van der Waals surface area contributed by atoms with Gasteiger partial charge in [-0.15, -0.1) is 0 Å². The van der Waals surface area contributed by atoms with Gasteiger partial charge in [0.1, 0.15) is 18.6 Å². The van der Waals surface area contributed by atoms with Crippen molar-refractivity contribution in [3.05, 3.63) is 33.7 Å². The number of hydrogen-bond donors (Lipinski definition) is 2. The van der Waals surface area contributed by atoms with E-state index in [0.717, 1.165) is 19.3 Å². The van der Waals surface area contributed by atoms with E-state index < -0.39 is 17.3 Å². The number of nitro groups is 1. The molecule has 0 aromatic rings. The van der Waals surface area contributed by atoms with Crippen LogP contribution in [0.2, 0.25) is 0 Å². The molecule has 0 spiro atoms. The molecular formula is C22H36N2O7. The molecule has 1 saturated carbocycles. The molecule has 0 saturated heterocycles. The summed E-state index contributed by atoms with van der Waals surface area (Å²) in [5, 5.41) is 31.3. The lowest BCUT2D eigenvalue weighted by molar-refractivity contribution is -0.428. The minimum Gasteiger partial charge on any atom is -0.434 e. The molecular weight excluding hydrogens is 404 g/mol. The molecule has 1 unspecified atom stereocenters. The van der Waals surface area contributed by atoms with Gasteiger partial charge in [0.2, 0.25) is 5.70 Å². The third-order valence-corrected chi connectivity index (χ3v) is 6.27. The van der Waals surface area contributed by atoms with E-state index in [-0.39, 0.29) is 43.7 Å².